The first-order valence-electron chi connectivity index (χ1n) is 10.5. The van der Waals surface area contributed by atoms with Gasteiger partial charge in [-0.2, -0.15) is 0 Å². The topological polar surface area (TPSA) is 134 Å². The average Bonchev–Trinajstić information content (AvgIpc) is 3.33. The predicted octanol–water partition coefficient (Wildman–Crippen LogP) is 3.37. The van der Waals surface area contributed by atoms with Gasteiger partial charge in [-0.15, -0.1) is 5.10 Å². The summed E-state index contributed by atoms with van der Waals surface area (Å²) in [6.07, 6.45) is 1.60. The molecule has 10 heteroatoms. The van der Waals surface area contributed by atoms with Crippen LogP contribution in [-0.2, 0) is 17.9 Å². The zero-order valence-electron chi connectivity index (χ0n) is 18.1. The summed E-state index contributed by atoms with van der Waals surface area (Å²) in [5.41, 5.74) is 2.72. The summed E-state index contributed by atoms with van der Waals surface area (Å²) < 4.78 is 6.73. The van der Waals surface area contributed by atoms with Crippen LogP contribution in [0.1, 0.15) is 53.5 Å². The quantitative estimate of drug-likeness (QED) is 0.210. The Hall–Kier alpha value is -4.99. The number of ether oxygens (including phenoxy) is 1. The van der Waals surface area contributed by atoms with E-state index in [9.17, 15) is 24.5 Å². The van der Waals surface area contributed by atoms with Gasteiger partial charge < -0.3 is 4.74 Å². The van der Waals surface area contributed by atoms with Crippen LogP contribution in [0.3, 0.4) is 0 Å². The van der Waals surface area contributed by atoms with Gasteiger partial charge in [0.1, 0.15) is 12.3 Å². The smallest absolute Gasteiger partial charge is 0.338 e. The Morgan fingerprint density at radius 3 is 2.26 bits per heavy atom. The van der Waals surface area contributed by atoms with E-state index in [1.165, 1.54) is 28.9 Å². The highest BCUT2D eigenvalue weighted by Gasteiger charge is 2.29. The van der Waals surface area contributed by atoms with Crippen LogP contribution in [-0.4, -0.2) is 37.5 Å². The highest BCUT2D eigenvalue weighted by atomic mass is 16.6. The van der Waals surface area contributed by atoms with Gasteiger partial charge in [0.25, 0.3) is 5.69 Å². The summed E-state index contributed by atoms with van der Waals surface area (Å²) in [7, 11) is 0. The Labute approximate surface area is 197 Å². The summed E-state index contributed by atoms with van der Waals surface area (Å²) in [6.45, 7) is 0.156. The molecule has 0 atom stereocenters. The van der Waals surface area contributed by atoms with Crippen molar-refractivity contribution in [3.63, 3.8) is 0 Å². The largest absolute Gasteiger partial charge is 0.455 e. The van der Waals surface area contributed by atoms with Gasteiger partial charge in [0.05, 0.1) is 23.2 Å². The highest BCUT2D eigenvalue weighted by Crippen LogP contribution is 2.28. The normalized spacial score (nSPS) is 12.1. The van der Waals surface area contributed by atoms with Gasteiger partial charge in [-0.05, 0) is 29.8 Å². The van der Waals surface area contributed by atoms with E-state index in [0.717, 1.165) is 5.56 Å². The number of fused-ring (bicyclic) bond motifs is 2. The molecule has 0 amide bonds. The van der Waals surface area contributed by atoms with Gasteiger partial charge in [0.15, 0.2) is 11.6 Å². The van der Waals surface area contributed by atoms with Crippen molar-refractivity contribution in [1.29, 1.82) is 0 Å². The molecule has 0 unspecified atom stereocenters. The number of nitro benzene ring substituents is 1. The van der Waals surface area contributed by atoms with Crippen LogP contribution in [0.15, 0.2) is 72.9 Å². The third kappa shape index (κ3) is 4.20. The number of nitrogens with zero attached hydrogens (tertiary/aromatic N) is 4. The van der Waals surface area contributed by atoms with E-state index in [1.807, 2.05) is 0 Å². The van der Waals surface area contributed by atoms with E-state index < -0.39 is 10.9 Å². The molecule has 4 aromatic rings. The highest BCUT2D eigenvalue weighted by molar-refractivity contribution is 6.28. The molecular weight excluding hydrogens is 452 g/mol. The third-order valence-electron chi connectivity index (χ3n) is 5.59. The molecule has 35 heavy (non-hydrogen) atoms. The van der Waals surface area contributed by atoms with Crippen LogP contribution in [0.5, 0.6) is 0 Å². The first-order valence-corrected chi connectivity index (χ1v) is 10.5. The van der Waals surface area contributed by atoms with Crippen LogP contribution in [0, 0.1) is 10.1 Å². The first kappa shape index (κ1) is 21.8. The van der Waals surface area contributed by atoms with Gasteiger partial charge in [-0.25, -0.2) is 9.48 Å². The molecule has 172 valence electrons. The number of ketones is 2. The van der Waals surface area contributed by atoms with E-state index in [1.54, 1.807) is 48.7 Å². The third-order valence-corrected chi connectivity index (χ3v) is 5.59. The Balaban J connectivity index is 1.25. The van der Waals surface area contributed by atoms with Crippen LogP contribution in [0.25, 0.3) is 0 Å². The summed E-state index contributed by atoms with van der Waals surface area (Å²) in [5, 5.41) is 18.7. The maximum atomic E-state index is 12.9. The van der Waals surface area contributed by atoms with Crippen molar-refractivity contribution in [2.24, 2.45) is 0 Å². The lowest BCUT2D eigenvalue weighted by atomic mass is 9.83. The molecule has 0 radical (unpaired) electrons. The van der Waals surface area contributed by atoms with E-state index in [4.69, 9.17) is 4.74 Å². The number of hydrogen-bond donors (Lipinski definition) is 0. The number of carbonyl (C=O) groups excluding carboxylic acids is 3. The molecule has 1 aliphatic carbocycles. The van der Waals surface area contributed by atoms with Crippen molar-refractivity contribution < 1.29 is 24.0 Å². The molecule has 3 aromatic carbocycles. The van der Waals surface area contributed by atoms with Crippen molar-refractivity contribution in [1.82, 2.24) is 15.0 Å². The van der Waals surface area contributed by atoms with E-state index in [2.05, 4.69) is 10.3 Å². The summed E-state index contributed by atoms with van der Waals surface area (Å²) in [5.74, 6) is -1.03. The average molecular weight is 468 g/mol. The summed E-state index contributed by atoms with van der Waals surface area (Å²) in [4.78, 5) is 48.0. The lowest BCUT2D eigenvalue weighted by Crippen LogP contribution is -2.21. The van der Waals surface area contributed by atoms with E-state index >= 15 is 0 Å². The number of carbonyl (C=O) groups is 3. The Bertz CT molecular complexity index is 1510. The molecule has 0 bridgehead atoms. The fourth-order valence-corrected chi connectivity index (χ4v) is 3.86. The lowest BCUT2D eigenvalue weighted by molar-refractivity contribution is -0.384. The molecular formula is C25H16N4O6. The number of non-ortho nitro benzene ring substituents is 1. The number of hydrogen-bond acceptors (Lipinski definition) is 8. The minimum Gasteiger partial charge on any atom is -0.455 e. The second-order valence-corrected chi connectivity index (χ2v) is 7.87. The SMILES string of the molecule is O=C(OCc1cn(Cc2ccc3c(c2)C(=O)c2ccccc2C3=O)nn1)c1ccc([N+](=O)[O-])cc1. The second-order valence-electron chi connectivity index (χ2n) is 7.87. The van der Waals surface area contributed by atoms with Crippen LogP contribution in [0.4, 0.5) is 5.69 Å². The fraction of sp³-hybridized carbons (Fsp3) is 0.0800. The second kappa shape index (κ2) is 8.75. The molecule has 1 heterocycles. The standard InChI is InChI=1S/C25H16N4O6/c30-23-19-3-1-2-4-20(19)24(31)22-11-15(5-10-21(22)23)12-28-13-17(26-27-28)14-35-25(32)16-6-8-18(9-7-16)29(33)34/h1-11,13H,12,14H2. The molecule has 10 nitrogen and oxygen atoms in total. The monoisotopic (exact) mass is 468 g/mol. The number of aromatic nitrogens is 3. The zero-order valence-corrected chi connectivity index (χ0v) is 18.1. The van der Waals surface area contributed by atoms with Crippen LogP contribution < -0.4 is 0 Å². The van der Waals surface area contributed by atoms with Crippen molar-refractivity contribution in [2.45, 2.75) is 13.2 Å². The zero-order chi connectivity index (χ0) is 24.5. The number of rotatable bonds is 6. The molecule has 0 fully saturated rings. The van der Waals surface area contributed by atoms with Gasteiger partial charge in [-0.3, -0.25) is 19.7 Å². The fourth-order valence-electron chi connectivity index (χ4n) is 3.86. The van der Waals surface area contributed by atoms with E-state index in [-0.39, 0.29) is 29.4 Å². The summed E-state index contributed by atoms with van der Waals surface area (Å²) in [6, 6.07) is 16.9. The molecule has 1 aromatic heterocycles. The molecule has 0 aliphatic heterocycles. The Morgan fingerprint density at radius 1 is 0.914 bits per heavy atom. The minimum atomic E-state index is -0.646. The van der Waals surface area contributed by atoms with Crippen LogP contribution >= 0.6 is 0 Å². The molecule has 0 saturated heterocycles. The maximum absolute atomic E-state index is 12.9. The molecule has 5 rings (SSSR count). The molecule has 0 saturated carbocycles. The first-order chi connectivity index (χ1) is 16.9. The Morgan fingerprint density at radius 2 is 1.57 bits per heavy atom. The summed E-state index contributed by atoms with van der Waals surface area (Å²) >= 11 is 0. The van der Waals surface area contributed by atoms with Crippen molar-refractivity contribution in [3.8, 4) is 0 Å². The number of nitro groups is 1. The van der Waals surface area contributed by atoms with Gasteiger partial charge >= 0.3 is 5.97 Å². The van der Waals surface area contributed by atoms with Gasteiger partial charge in [0, 0.05) is 34.4 Å². The number of esters is 1. The lowest BCUT2D eigenvalue weighted by Gasteiger charge is -2.18. The van der Waals surface area contributed by atoms with Crippen LogP contribution in [0.2, 0.25) is 0 Å². The van der Waals surface area contributed by atoms with Gasteiger partial charge in [-0.1, -0.05) is 35.5 Å². The predicted molar refractivity (Wildman–Crippen MR) is 121 cm³/mol. The molecule has 0 spiro atoms. The van der Waals surface area contributed by atoms with Crippen molar-refractivity contribution >= 4 is 23.2 Å². The molecule has 1 aliphatic rings. The van der Waals surface area contributed by atoms with Crippen molar-refractivity contribution in [2.75, 3.05) is 0 Å². The van der Waals surface area contributed by atoms with E-state index in [0.29, 0.717) is 34.5 Å². The maximum Gasteiger partial charge on any atom is 0.338 e. The molecule has 0 N–H and O–H groups in total. The van der Waals surface area contributed by atoms with Crippen molar-refractivity contribution in [3.05, 3.63) is 122 Å². The van der Waals surface area contributed by atoms with Gasteiger partial charge in [0.2, 0.25) is 0 Å². The Kier molecular flexibility index (Phi) is 5.46. The minimum absolute atomic E-state index is 0.123. The number of benzene rings is 3.